The molecule has 27 heavy (non-hydrogen) atoms. The van der Waals surface area contributed by atoms with Crippen LogP contribution in [-0.2, 0) is 11.2 Å². The summed E-state index contributed by atoms with van der Waals surface area (Å²) in [5.74, 6) is 3.70. The fourth-order valence-electron chi connectivity index (χ4n) is 3.88. The second kappa shape index (κ2) is 8.03. The summed E-state index contributed by atoms with van der Waals surface area (Å²) in [4.78, 5) is 21.2. The fraction of sp³-hybridized carbons (Fsp3) is 0.524. The van der Waals surface area contributed by atoms with Crippen molar-refractivity contribution in [2.45, 2.75) is 45.1 Å². The molecule has 0 aliphatic carbocycles. The van der Waals surface area contributed by atoms with Gasteiger partial charge in [0.2, 0.25) is 5.91 Å². The second-order valence-corrected chi connectivity index (χ2v) is 7.40. The van der Waals surface area contributed by atoms with Crippen molar-refractivity contribution in [1.29, 1.82) is 0 Å². The zero-order valence-corrected chi connectivity index (χ0v) is 15.9. The number of ether oxygens (including phenoxy) is 1. The number of aromatic nitrogens is 1. The van der Waals surface area contributed by atoms with Crippen molar-refractivity contribution in [3.63, 3.8) is 0 Å². The van der Waals surface area contributed by atoms with Crippen molar-refractivity contribution in [3.05, 3.63) is 42.0 Å². The Balaban J connectivity index is 1.31. The monoisotopic (exact) mass is 369 g/mol. The van der Waals surface area contributed by atoms with Crippen LogP contribution in [0.5, 0.6) is 5.75 Å². The van der Waals surface area contributed by atoms with Gasteiger partial charge in [-0.1, -0.05) is 0 Å². The van der Waals surface area contributed by atoms with E-state index in [1.165, 1.54) is 12.8 Å². The summed E-state index contributed by atoms with van der Waals surface area (Å²) >= 11 is 0. The highest BCUT2D eigenvalue weighted by Crippen LogP contribution is 2.30. The van der Waals surface area contributed by atoms with Crippen LogP contribution in [0.25, 0.3) is 0 Å². The van der Waals surface area contributed by atoms with E-state index >= 15 is 0 Å². The minimum atomic E-state index is 0.0327. The molecule has 2 aromatic heterocycles. The first-order valence-electron chi connectivity index (χ1n) is 9.89. The Hall–Kier alpha value is -2.50. The number of nitrogens with zero attached hydrogens (tertiary/aromatic N) is 3. The highest BCUT2D eigenvalue weighted by Gasteiger charge is 2.29. The molecule has 2 fully saturated rings. The first-order chi connectivity index (χ1) is 13.2. The molecular formula is C21H27N3O3. The summed E-state index contributed by atoms with van der Waals surface area (Å²) in [6, 6.07) is 7.79. The number of hydrogen-bond acceptors (Lipinski definition) is 5. The first-order valence-corrected chi connectivity index (χ1v) is 9.89. The number of rotatable bonds is 6. The van der Waals surface area contributed by atoms with Gasteiger partial charge < -0.3 is 19.0 Å². The van der Waals surface area contributed by atoms with Gasteiger partial charge in [-0.15, -0.1) is 0 Å². The normalized spacial score (nSPS) is 19.7. The average Bonchev–Trinajstić information content (AvgIpc) is 3.42. The van der Waals surface area contributed by atoms with Gasteiger partial charge in [-0.25, -0.2) is 4.98 Å². The van der Waals surface area contributed by atoms with Gasteiger partial charge in [-0.3, -0.25) is 4.79 Å². The van der Waals surface area contributed by atoms with E-state index in [0.29, 0.717) is 19.4 Å². The van der Waals surface area contributed by atoms with Gasteiger partial charge in [0.05, 0.1) is 6.54 Å². The molecule has 4 rings (SSSR count). The molecule has 0 N–H and O–H groups in total. The molecule has 2 aliphatic rings. The fourth-order valence-corrected chi connectivity index (χ4v) is 3.88. The molecule has 0 spiro atoms. The number of anilines is 1. The van der Waals surface area contributed by atoms with Gasteiger partial charge in [-0.2, -0.15) is 0 Å². The minimum Gasteiger partial charge on any atom is -0.485 e. The Morgan fingerprint density at radius 3 is 2.89 bits per heavy atom. The topological polar surface area (TPSA) is 58.8 Å². The van der Waals surface area contributed by atoms with Crippen molar-refractivity contribution >= 4 is 11.7 Å². The SMILES string of the molecule is Cc1ccc(CCC(=O)N2CC[C@H](Oc3cccnc3N3CCCC3)C2)o1. The van der Waals surface area contributed by atoms with Crippen LogP contribution in [0.1, 0.15) is 37.2 Å². The molecule has 6 nitrogen and oxygen atoms in total. The third-order valence-corrected chi connectivity index (χ3v) is 5.33. The summed E-state index contributed by atoms with van der Waals surface area (Å²) in [6.45, 7) is 5.39. The molecule has 0 radical (unpaired) electrons. The maximum absolute atomic E-state index is 12.5. The van der Waals surface area contributed by atoms with Crippen LogP contribution < -0.4 is 9.64 Å². The molecule has 2 aromatic rings. The number of hydrogen-bond donors (Lipinski definition) is 0. The van der Waals surface area contributed by atoms with Gasteiger partial charge in [0.15, 0.2) is 11.6 Å². The van der Waals surface area contributed by atoms with Gasteiger partial charge in [-0.05, 0) is 44.0 Å². The van der Waals surface area contributed by atoms with E-state index < -0.39 is 0 Å². The lowest BCUT2D eigenvalue weighted by Crippen LogP contribution is -2.31. The van der Waals surface area contributed by atoms with Crippen LogP contribution in [0, 0.1) is 6.92 Å². The van der Waals surface area contributed by atoms with Crippen LogP contribution in [0.3, 0.4) is 0 Å². The number of carbonyl (C=O) groups excluding carboxylic acids is 1. The summed E-state index contributed by atoms with van der Waals surface area (Å²) in [5, 5.41) is 0. The van der Waals surface area contributed by atoms with Crippen molar-refractivity contribution in [3.8, 4) is 5.75 Å². The molecule has 0 unspecified atom stereocenters. The van der Waals surface area contributed by atoms with E-state index in [1.807, 2.05) is 42.3 Å². The Labute approximate surface area is 160 Å². The smallest absolute Gasteiger partial charge is 0.223 e. The third kappa shape index (κ3) is 4.26. The first kappa shape index (κ1) is 17.9. The number of pyridine rings is 1. The number of amides is 1. The van der Waals surface area contributed by atoms with Crippen LogP contribution >= 0.6 is 0 Å². The lowest BCUT2D eigenvalue weighted by Gasteiger charge is -2.22. The van der Waals surface area contributed by atoms with E-state index in [9.17, 15) is 4.79 Å². The second-order valence-electron chi connectivity index (χ2n) is 7.40. The van der Waals surface area contributed by atoms with Crippen LogP contribution in [0.4, 0.5) is 5.82 Å². The number of aryl methyl sites for hydroxylation is 2. The van der Waals surface area contributed by atoms with E-state index in [-0.39, 0.29) is 12.0 Å². The van der Waals surface area contributed by atoms with E-state index in [2.05, 4.69) is 9.88 Å². The summed E-state index contributed by atoms with van der Waals surface area (Å²) < 4.78 is 11.8. The Kier molecular flexibility index (Phi) is 5.32. The standard InChI is InChI=1S/C21H27N3O3/c1-16-6-7-17(26-16)8-9-20(25)24-14-10-18(15-24)27-19-5-4-11-22-21(19)23-12-2-3-13-23/h4-7,11,18H,2-3,8-10,12-15H2,1H3/t18-/m0/s1. The van der Waals surface area contributed by atoms with Gasteiger partial charge >= 0.3 is 0 Å². The van der Waals surface area contributed by atoms with Crippen molar-refractivity contribution in [1.82, 2.24) is 9.88 Å². The molecule has 4 heterocycles. The summed E-state index contributed by atoms with van der Waals surface area (Å²) in [7, 11) is 0. The molecule has 0 saturated carbocycles. The molecular weight excluding hydrogens is 342 g/mol. The van der Waals surface area contributed by atoms with E-state index in [0.717, 1.165) is 49.1 Å². The van der Waals surface area contributed by atoms with Crippen molar-refractivity contribution in [2.75, 3.05) is 31.1 Å². The maximum Gasteiger partial charge on any atom is 0.223 e. The quantitative estimate of drug-likeness (QED) is 0.783. The number of likely N-dealkylation sites (tertiary alicyclic amines) is 1. The number of furan rings is 1. The lowest BCUT2D eigenvalue weighted by atomic mass is 10.2. The summed E-state index contributed by atoms with van der Waals surface area (Å²) in [6.07, 6.45) is 6.25. The lowest BCUT2D eigenvalue weighted by molar-refractivity contribution is -0.130. The zero-order valence-electron chi connectivity index (χ0n) is 15.9. The molecule has 1 amide bonds. The predicted octanol–water partition coefficient (Wildman–Crippen LogP) is 3.20. The van der Waals surface area contributed by atoms with Crippen molar-refractivity contribution < 1.29 is 13.9 Å². The zero-order chi connectivity index (χ0) is 18.6. The minimum absolute atomic E-state index is 0.0327. The molecule has 1 atom stereocenters. The van der Waals surface area contributed by atoms with Crippen LogP contribution in [0.2, 0.25) is 0 Å². The molecule has 2 saturated heterocycles. The Bertz CT molecular complexity index is 782. The van der Waals surface area contributed by atoms with E-state index in [4.69, 9.17) is 9.15 Å². The van der Waals surface area contributed by atoms with E-state index in [1.54, 1.807) is 0 Å². The number of carbonyl (C=O) groups is 1. The van der Waals surface area contributed by atoms with Crippen LogP contribution in [-0.4, -0.2) is 48.1 Å². The maximum atomic E-state index is 12.5. The van der Waals surface area contributed by atoms with Gasteiger partial charge in [0.1, 0.15) is 17.6 Å². The van der Waals surface area contributed by atoms with Gasteiger partial charge in [0.25, 0.3) is 0 Å². The third-order valence-electron chi connectivity index (χ3n) is 5.33. The van der Waals surface area contributed by atoms with Crippen LogP contribution in [0.15, 0.2) is 34.9 Å². The highest BCUT2D eigenvalue weighted by atomic mass is 16.5. The molecule has 0 bridgehead atoms. The Morgan fingerprint density at radius 1 is 1.26 bits per heavy atom. The molecule has 144 valence electrons. The predicted molar refractivity (Wildman–Crippen MR) is 103 cm³/mol. The summed E-state index contributed by atoms with van der Waals surface area (Å²) in [5.41, 5.74) is 0. The van der Waals surface area contributed by atoms with Gasteiger partial charge in [0, 0.05) is 45.1 Å². The highest BCUT2D eigenvalue weighted by molar-refractivity contribution is 5.76. The average molecular weight is 369 g/mol. The largest absolute Gasteiger partial charge is 0.485 e. The molecule has 6 heteroatoms. The molecule has 2 aliphatic heterocycles. The molecule has 0 aromatic carbocycles. The Morgan fingerprint density at radius 2 is 2.11 bits per heavy atom. The van der Waals surface area contributed by atoms with Crippen molar-refractivity contribution in [2.24, 2.45) is 0 Å².